The van der Waals surface area contributed by atoms with E-state index in [1.54, 1.807) is 0 Å². The lowest BCUT2D eigenvalue weighted by atomic mass is 9.97. The maximum absolute atomic E-state index is 12.5. The molecule has 2 heterocycles. The second-order valence-corrected chi connectivity index (χ2v) is 7.12. The quantitative estimate of drug-likeness (QED) is 0.919. The highest BCUT2D eigenvalue weighted by atomic mass is 16.1. The molecule has 5 heteroatoms. The molecule has 0 radical (unpaired) electrons. The van der Waals surface area contributed by atoms with Gasteiger partial charge in [-0.3, -0.25) is 4.79 Å². The number of anilines is 1. The van der Waals surface area contributed by atoms with E-state index in [2.05, 4.69) is 39.9 Å². The number of hydrogen-bond acceptors (Lipinski definition) is 3. The lowest BCUT2D eigenvalue weighted by Crippen LogP contribution is -2.44. The summed E-state index contributed by atoms with van der Waals surface area (Å²) in [5.41, 5.74) is 2.21. The van der Waals surface area contributed by atoms with Gasteiger partial charge in [-0.15, -0.1) is 0 Å². The molecule has 1 aliphatic carbocycles. The third-order valence-corrected chi connectivity index (χ3v) is 5.29. The Morgan fingerprint density at radius 3 is 2.92 bits per heavy atom. The zero-order chi connectivity index (χ0) is 16.5. The van der Waals surface area contributed by atoms with E-state index in [0.717, 1.165) is 56.4 Å². The molecule has 128 valence electrons. The number of rotatable bonds is 5. The molecule has 2 aromatic rings. The Bertz CT molecular complexity index is 734. The van der Waals surface area contributed by atoms with Crippen LogP contribution in [-0.2, 0) is 11.3 Å². The molecule has 1 amide bonds. The molecule has 4 rings (SSSR count). The molecule has 1 saturated carbocycles. The van der Waals surface area contributed by atoms with Crippen LogP contribution in [0.1, 0.15) is 32.6 Å². The molecular weight excluding hydrogens is 300 g/mol. The molecule has 0 spiro atoms. The molecule has 5 nitrogen and oxygen atoms in total. The van der Waals surface area contributed by atoms with Gasteiger partial charge in [0.15, 0.2) is 0 Å². The van der Waals surface area contributed by atoms with Crippen LogP contribution in [0.2, 0.25) is 0 Å². The maximum atomic E-state index is 12.5. The van der Waals surface area contributed by atoms with E-state index in [1.807, 2.05) is 6.07 Å². The van der Waals surface area contributed by atoms with Crippen molar-refractivity contribution >= 4 is 22.9 Å². The summed E-state index contributed by atoms with van der Waals surface area (Å²) in [6.45, 7) is 5.67. The van der Waals surface area contributed by atoms with Crippen molar-refractivity contribution in [2.45, 2.75) is 39.2 Å². The van der Waals surface area contributed by atoms with Gasteiger partial charge in [0.1, 0.15) is 0 Å². The maximum Gasteiger partial charge on any atom is 0.224 e. The van der Waals surface area contributed by atoms with E-state index in [0.29, 0.717) is 0 Å². The molecule has 1 atom stereocenters. The van der Waals surface area contributed by atoms with Gasteiger partial charge in [-0.1, -0.05) is 12.1 Å². The Morgan fingerprint density at radius 2 is 2.12 bits per heavy atom. The lowest BCUT2D eigenvalue weighted by molar-refractivity contribution is -0.125. The van der Waals surface area contributed by atoms with Crippen molar-refractivity contribution in [3.05, 3.63) is 24.3 Å². The van der Waals surface area contributed by atoms with Crippen LogP contribution >= 0.6 is 0 Å². The van der Waals surface area contributed by atoms with Gasteiger partial charge in [0.05, 0.1) is 17.0 Å². The summed E-state index contributed by atoms with van der Waals surface area (Å²) in [5.74, 6) is 2.06. The van der Waals surface area contributed by atoms with Gasteiger partial charge in [0.2, 0.25) is 11.9 Å². The molecule has 0 bridgehead atoms. The van der Waals surface area contributed by atoms with Crippen molar-refractivity contribution in [1.29, 1.82) is 0 Å². The number of carbonyl (C=O) groups is 1. The van der Waals surface area contributed by atoms with Crippen LogP contribution in [0.5, 0.6) is 0 Å². The van der Waals surface area contributed by atoms with Gasteiger partial charge in [0.25, 0.3) is 0 Å². The van der Waals surface area contributed by atoms with Gasteiger partial charge in [0, 0.05) is 26.2 Å². The number of aromatic nitrogens is 2. The smallest absolute Gasteiger partial charge is 0.224 e. The minimum Gasteiger partial charge on any atom is -0.356 e. The standard InChI is InChI=1S/C19H26N4O/c1-2-23-17-8-4-3-7-16(17)21-19(23)22-11-5-6-15(13-22)18(24)20-12-14-9-10-14/h3-4,7-8,14-15H,2,5-6,9-13H2,1H3,(H,20,24). The molecule has 1 aromatic carbocycles. The number of amides is 1. The Morgan fingerprint density at radius 1 is 1.29 bits per heavy atom. The number of aryl methyl sites for hydroxylation is 1. The number of imidazole rings is 1. The highest BCUT2D eigenvalue weighted by Crippen LogP contribution is 2.29. The van der Waals surface area contributed by atoms with Crippen LogP contribution in [0.3, 0.4) is 0 Å². The Hall–Kier alpha value is -2.04. The molecule has 1 unspecified atom stereocenters. The summed E-state index contributed by atoms with van der Waals surface area (Å²) in [7, 11) is 0. The van der Waals surface area contributed by atoms with Crippen LogP contribution in [0.4, 0.5) is 5.95 Å². The largest absolute Gasteiger partial charge is 0.356 e. The minimum atomic E-state index is 0.0858. The van der Waals surface area contributed by atoms with E-state index in [1.165, 1.54) is 18.4 Å². The average molecular weight is 326 g/mol. The first-order valence-corrected chi connectivity index (χ1v) is 9.24. The van der Waals surface area contributed by atoms with Crippen LogP contribution in [0.15, 0.2) is 24.3 Å². The normalized spacial score (nSPS) is 21.2. The fraction of sp³-hybridized carbons (Fsp3) is 0.579. The molecule has 1 N–H and O–H groups in total. The second-order valence-electron chi connectivity index (χ2n) is 7.12. The summed E-state index contributed by atoms with van der Waals surface area (Å²) in [5, 5.41) is 3.15. The SMILES string of the molecule is CCn1c(N2CCCC(C(=O)NCC3CC3)C2)nc2ccccc21. The second kappa shape index (κ2) is 6.46. The molecule has 2 aliphatic rings. The number of nitrogens with one attached hydrogen (secondary N) is 1. The van der Waals surface area contributed by atoms with E-state index in [9.17, 15) is 4.79 Å². The van der Waals surface area contributed by atoms with Gasteiger partial charge in [-0.2, -0.15) is 0 Å². The zero-order valence-electron chi connectivity index (χ0n) is 14.4. The molecule has 2 fully saturated rings. The third kappa shape index (κ3) is 2.99. The summed E-state index contributed by atoms with van der Waals surface area (Å²) in [6, 6.07) is 8.28. The van der Waals surface area contributed by atoms with Crippen LogP contribution in [0, 0.1) is 11.8 Å². The van der Waals surface area contributed by atoms with E-state index < -0.39 is 0 Å². The third-order valence-electron chi connectivity index (χ3n) is 5.29. The van der Waals surface area contributed by atoms with Gasteiger partial charge >= 0.3 is 0 Å². The first-order valence-electron chi connectivity index (χ1n) is 9.24. The summed E-state index contributed by atoms with van der Waals surface area (Å²) in [4.78, 5) is 19.6. The van der Waals surface area contributed by atoms with E-state index >= 15 is 0 Å². The molecule has 1 saturated heterocycles. The van der Waals surface area contributed by atoms with Crippen LogP contribution in [0.25, 0.3) is 11.0 Å². The minimum absolute atomic E-state index is 0.0858. The number of nitrogens with zero attached hydrogens (tertiary/aromatic N) is 3. The molecular formula is C19H26N4O. The first-order chi connectivity index (χ1) is 11.8. The number of piperidine rings is 1. The van der Waals surface area contributed by atoms with Crippen molar-refractivity contribution < 1.29 is 4.79 Å². The number of carbonyl (C=O) groups excluding carboxylic acids is 1. The number of hydrogen-bond donors (Lipinski definition) is 1. The van der Waals surface area contributed by atoms with Crippen molar-refractivity contribution in [3.63, 3.8) is 0 Å². The first kappa shape index (κ1) is 15.5. The fourth-order valence-electron chi connectivity index (χ4n) is 3.70. The Kier molecular flexibility index (Phi) is 4.17. The molecule has 24 heavy (non-hydrogen) atoms. The van der Waals surface area contributed by atoms with Gasteiger partial charge < -0.3 is 14.8 Å². The number of benzene rings is 1. The van der Waals surface area contributed by atoms with Crippen molar-refractivity contribution in [2.24, 2.45) is 11.8 Å². The van der Waals surface area contributed by atoms with Gasteiger partial charge in [-0.25, -0.2) is 4.98 Å². The van der Waals surface area contributed by atoms with Crippen LogP contribution < -0.4 is 10.2 Å². The number of para-hydroxylation sites is 2. The fourth-order valence-corrected chi connectivity index (χ4v) is 3.70. The van der Waals surface area contributed by atoms with Crippen molar-refractivity contribution in [3.8, 4) is 0 Å². The highest BCUT2D eigenvalue weighted by Gasteiger charge is 2.29. The number of fused-ring (bicyclic) bond motifs is 1. The highest BCUT2D eigenvalue weighted by molar-refractivity contribution is 5.81. The van der Waals surface area contributed by atoms with E-state index in [-0.39, 0.29) is 11.8 Å². The predicted octanol–water partition coefficient (Wildman–Crippen LogP) is 2.80. The van der Waals surface area contributed by atoms with E-state index in [4.69, 9.17) is 4.98 Å². The molecule has 1 aliphatic heterocycles. The summed E-state index contributed by atoms with van der Waals surface area (Å²) in [6.07, 6.45) is 4.59. The van der Waals surface area contributed by atoms with Crippen molar-refractivity contribution in [1.82, 2.24) is 14.9 Å². The van der Waals surface area contributed by atoms with Crippen LogP contribution in [-0.4, -0.2) is 35.1 Å². The Balaban J connectivity index is 1.52. The van der Waals surface area contributed by atoms with Crippen molar-refractivity contribution in [2.75, 3.05) is 24.5 Å². The Labute approximate surface area is 143 Å². The topological polar surface area (TPSA) is 50.2 Å². The van der Waals surface area contributed by atoms with Gasteiger partial charge in [-0.05, 0) is 50.7 Å². The lowest BCUT2D eigenvalue weighted by Gasteiger charge is -2.33. The zero-order valence-corrected chi connectivity index (χ0v) is 14.4. The predicted molar refractivity (Wildman–Crippen MR) is 96.1 cm³/mol. The summed E-state index contributed by atoms with van der Waals surface area (Å²) < 4.78 is 2.26. The molecule has 1 aromatic heterocycles. The monoisotopic (exact) mass is 326 g/mol. The average Bonchev–Trinajstić information content (AvgIpc) is 3.38. The summed E-state index contributed by atoms with van der Waals surface area (Å²) >= 11 is 0.